The molecule has 0 aliphatic heterocycles. The van der Waals surface area contributed by atoms with Crippen molar-refractivity contribution in [1.82, 2.24) is 25.1 Å². The summed E-state index contributed by atoms with van der Waals surface area (Å²) in [5.74, 6) is 0.595. The number of amides is 1. The second-order valence-electron chi connectivity index (χ2n) is 6.39. The summed E-state index contributed by atoms with van der Waals surface area (Å²) in [7, 11) is 0. The van der Waals surface area contributed by atoms with E-state index in [0.717, 1.165) is 41.1 Å². The summed E-state index contributed by atoms with van der Waals surface area (Å²) in [6.07, 6.45) is 3.36. The number of rotatable bonds is 6. The fourth-order valence-corrected chi connectivity index (χ4v) is 3.18. The fourth-order valence-electron chi connectivity index (χ4n) is 3.18. The third-order valence-corrected chi connectivity index (χ3v) is 4.46. The summed E-state index contributed by atoms with van der Waals surface area (Å²) in [5.41, 5.74) is 4.34. The van der Waals surface area contributed by atoms with Gasteiger partial charge in [0.15, 0.2) is 0 Å². The molecule has 136 valence electrons. The molecule has 0 bridgehead atoms. The molecule has 4 rings (SSSR count). The number of carbonyl (C=O) groups excluding carboxylic acids is 1. The van der Waals surface area contributed by atoms with Crippen molar-refractivity contribution in [3.05, 3.63) is 77.9 Å². The largest absolute Gasteiger partial charge is 0.345 e. The molecule has 0 saturated carbocycles. The number of nitrogens with one attached hydrogen (secondary N) is 2. The van der Waals surface area contributed by atoms with Gasteiger partial charge in [0.25, 0.3) is 5.91 Å². The summed E-state index contributed by atoms with van der Waals surface area (Å²) >= 11 is 0. The van der Waals surface area contributed by atoms with Gasteiger partial charge in [-0.25, -0.2) is 9.67 Å². The van der Waals surface area contributed by atoms with Gasteiger partial charge in [-0.3, -0.25) is 4.79 Å². The standard InChI is InChI=1S/C21H21N5O/c1-2-8-19-16(13-23-26(19)15-9-4-3-5-10-15)21(27)22-14-20-24-17-11-6-7-12-18(17)25-20/h3-7,9-13H,2,8,14H2,1H3,(H,22,27)(H,24,25). The average Bonchev–Trinajstić information content (AvgIpc) is 3.31. The highest BCUT2D eigenvalue weighted by Gasteiger charge is 2.18. The van der Waals surface area contributed by atoms with E-state index in [0.29, 0.717) is 12.1 Å². The van der Waals surface area contributed by atoms with E-state index >= 15 is 0 Å². The van der Waals surface area contributed by atoms with Crippen LogP contribution in [0.2, 0.25) is 0 Å². The van der Waals surface area contributed by atoms with Crippen molar-refractivity contribution in [3.8, 4) is 5.69 Å². The normalized spacial score (nSPS) is 11.0. The van der Waals surface area contributed by atoms with E-state index in [2.05, 4.69) is 27.3 Å². The third-order valence-electron chi connectivity index (χ3n) is 4.46. The van der Waals surface area contributed by atoms with Gasteiger partial charge >= 0.3 is 0 Å². The molecule has 1 amide bonds. The van der Waals surface area contributed by atoms with Crippen LogP contribution in [0.15, 0.2) is 60.8 Å². The first-order valence-corrected chi connectivity index (χ1v) is 9.10. The molecule has 2 aromatic carbocycles. The Bertz CT molecular complexity index is 1030. The Hall–Kier alpha value is -3.41. The van der Waals surface area contributed by atoms with Crippen LogP contribution in [0.3, 0.4) is 0 Å². The molecular weight excluding hydrogens is 338 g/mol. The molecule has 0 saturated heterocycles. The van der Waals surface area contributed by atoms with Gasteiger partial charge in [-0.1, -0.05) is 43.7 Å². The predicted octanol–water partition coefficient (Wildman–Crippen LogP) is 3.63. The molecule has 0 atom stereocenters. The van der Waals surface area contributed by atoms with Crippen molar-refractivity contribution in [2.45, 2.75) is 26.3 Å². The van der Waals surface area contributed by atoms with E-state index in [1.165, 1.54) is 0 Å². The zero-order chi connectivity index (χ0) is 18.6. The Labute approximate surface area is 157 Å². The minimum atomic E-state index is -0.138. The van der Waals surface area contributed by atoms with Crippen molar-refractivity contribution in [1.29, 1.82) is 0 Å². The lowest BCUT2D eigenvalue weighted by molar-refractivity contribution is 0.0949. The first-order valence-electron chi connectivity index (χ1n) is 9.10. The van der Waals surface area contributed by atoms with Gasteiger partial charge < -0.3 is 10.3 Å². The van der Waals surface area contributed by atoms with E-state index in [4.69, 9.17) is 0 Å². The number of hydrogen-bond acceptors (Lipinski definition) is 3. The molecule has 6 nitrogen and oxygen atoms in total. The highest BCUT2D eigenvalue weighted by Crippen LogP contribution is 2.17. The van der Waals surface area contributed by atoms with Crippen LogP contribution in [0.5, 0.6) is 0 Å². The maximum absolute atomic E-state index is 12.8. The monoisotopic (exact) mass is 359 g/mol. The lowest BCUT2D eigenvalue weighted by Gasteiger charge is -2.09. The van der Waals surface area contributed by atoms with Crippen LogP contribution in [0.25, 0.3) is 16.7 Å². The lowest BCUT2D eigenvalue weighted by atomic mass is 10.1. The van der Waals surface area contributed by atoms with Crippen molar-refractivity contribution in [3.63, 3.8) is 0 Å². The lowest BCUT2D eigenvalue weighted by Crippen LogP contribution is -2.24. The number of imidazole rings is 1. The number of aromatic amines is 1. The highest BCUT2D eigenvalue weighted by atomic mass is 16.1. The fraction of sp³-hybridized carbons (Fsp3) is 0.190. The molecule has 2 N–H and O–H groups in total. The van der Waals surface area contributed by atoms with Crippen LogP contribution in [0.4, 0.5) is 0 Å². The molecule has 0 aliphatic carbocycles. The molecule has 0 fully saturated rings. The molecule has 0 unspecified atom stereocenters. The van der Waals surface area contributed by atoms with Crippen LogP contribution in [0, 0.1) is 0 Å². The van der Waals surface area contributed by atoms with E-state index < -0.39 is 0 Å². The molecule has 4 aromatic rings. The Balaban J connectivity index is 1.55. The average molecular weight is 359 g/mol. The van der Waals surface area contributed by atoms with Crippen molar-refractivity contribution in [2.75, 3.05) is 0 Å². The number of benzene rings is 2. The number of fused-ring (bicyclic) bond motifs is 1. The molecule has 6 heteroatoms. The van der Waals surface area contributed by atoms with Crippen molar-refractivity contribution >= 4 is 16.9 Å². The number of hydrogen-bond donors (Lipinski definition) is 2. The number of para-hydroxylation sites is 3. The van der Waals surface area contributed by atoms with Crippen LogP contribution in [-0.4, -0.2) is 25.7 Å². The van der Waals surface area contributed by atoms with Gasteiger partial charge in [-0.15, -0.1) is 0 Å². The second kappa shape index (κ2) is 7.45. The van der Waals surface area contributed by atoms with E-state index in [1.54, 1.807) is 6.20 Å². The SMILES string of the molecule is CCCc1c(C(=O)NCc2nc3ccccc3[nH]2)cnn1-c1ccccc1. The minimum Gasteiger partial charge on any atom is -0.345 e. The molecule has 0 radical (unpaired) electrons. The van der Waals surface area contributed by atoms with Gasteiger partial charge in [-0.05, 0) is 30.7 Å². The zero-order valence-corrected chi connectivity index (χ0v) is 15.1. The number of carbonyl (C=O) groups is 1. The third kappa shape index (κ3) is 3.46. The molecule has 2 heterocycles. The number of nitrogens with zero attached hydrogens (tertiary/aromatic N) is 3. The zero-order valence-electron chi connectivity index (χ0n) is 15.1. The molecule has 2 aromatic heterocycles. The van der Waals surface area contributed by atoms with E-state index in [-0.39, 0.29) is 5.91 Å². The van der Waals surface area contributed by atoms with Crippen molar-refractivity contribution < 1.29 is 4.79 Å². The topological polar surface area (TPSA) is 75.6 Å². The highest BCUT2D eigenvalue weighted by molar-refractivity contribution is 5.95. The molecule has 27 heavy (non-hydrogen) atoms. The maximum Gasteiger partial charge on any atom is 0.255 e. The van der Waals surface area contributed by atoms with Gasteiger partial charge in [0.05, 0.1) is 40.7 Å². The molecule has 0 spiro atoms. The van der Waals surface area contributed by atoms with Crippen LogP contribution in [0.1, 0.15) is 35.2 Å². The number of aromatic nitrogens is 4. The van der Waals surface area contributed by atoms with Crippen LogP contribution < -0.4 is 5.32 Å². The van der Waals surface area contributed by atoms with Gasteiger partial charge in [-0.2, -0.15) is 5.10 Å². The maximum atomic E-state index is 12.8. The van der Waals surface area contributed by atoms with Gasteiger partial charge in [0.1, 0.15) is 5.82 Å². The Morgan fingerprint density at radius 1 is 1.11 bits per heavy atom. The summed E-state index contributed by atoms with van der Waals surface area (Å²) in [4.78, 5) is 20.5. The van der Waals surface area contributed by atoms with Gasteiger partial charge in [0.2, 0.25) is 0 Å². The Kier molecular flexibility index (Phi) is 4.70. The summed E-state index contributed by atoms with van der Waals surface area (Å²) < 4.78 is 1.85. The van der Waals surface area contributed by atoms with E-state index in [1.807, 2.05) is 59.3 Å². The predicted molar refractivity (Wildman–Crippen MR) is 105 cm³/mol. The van der Waals surface area contributed by atoms with Crippen molar-refractivity contribution in [2.24, 2.45) is 0 Å². The van der Waals surface area contributed by atoms with Gasteiger partial charge in [0, 0.05) is 0 Å². The van der Waals surface area contributed by atoms with Crippen LogP contribution >= 0.6 is 0 Å². The Morgan fingerprint density at radius 3 is 2.67 bits per heavy atom. The van der Waals surface area contributed by atoms with Crippen LogP contribution in [-0.2, 0) is 13.0 Å². The summed E-state index contributed by atoms with van der Waals surface area (Å²) in [5, 5.41) is 7.40. The first kappa shape index (κ1) is 17.0. The smallest absolute Gasteiger partial charge is 0.255 e. The molecule has 0 aliphatic rings. The number of H-pyrrole nitrogens is 1. The van der Waals surface area contributed by atoms with E-state index in [9.17, 15) is 4.79 Å². The first-order chi connectivity index (χ1) is 13.3. The molecular formula is C21H21N5O. The summed E-state index contributed by atoms with van der Waals surface area (Å²) in [6.45, 7) is 2.44. The minimum absolute atomic E-state index is 0.138. The second-order valence-corrected chi connectivity index (χ2v) is 6.39. The Morgan fingerprint density at radius 2 is 1.89 bits per heavy atom. The quantitative estimate of drug-likeness (QED) is 0.552. The summed E-state index contributed by atoms with van der Waals surface area (Å²) in [6, 6.07) is 17.7.